The van der Waals surface area contributed by atoms with Crippen molar-refractivity contribution in [3.8, 4) is 5.69 Å². The molecule has 2 heterocycles. The third kappa shape index (κ3) is 2.31. The summed E-state index contributed by atoms with van der Waals surface area (Å²) in [5.74, 6) is 0.573. The summed E-state index contributed by atoms with van der Waals surface area (Å²) in [5.41, 5.74) is 9.43. The fourth-order valence-corrected chi connectivity index (χ4v) is 6.77. The Labute approximate surface area is 200 Å². The Morgan fingerprint density at radius 2 is 1.35 bits per heavy atom. The Morgan fingerprint density at radius 1 is 0.676 bits per heavy atom. The van der Waals surface area contributed by atoms with Gasteiger partial charge in [0.25, 0.3) is 0 Å². The van der Waals surface area contributed by atoms with E-state index in [2.05, 4.69) is 123 Å². The van der Waals surface area contributed by atoms with Crippen molar-refractivity contribution in [2.75, 3.05) is 0 Å². The summed E-state index contributed by atoms with van der Waals surface area (Å²) in [4.78, 5) is 3.76. The third-order valence-electron chi connectivity index (χ3n) is 9.13. The van der Waals surface area contributed by atoms with Gasteiger partial charge < -0.3 is 9.55 Å². The summed E-state index contributed by atoms with van der Waals surface area (Å²) in [6.07, 6.45) is 0. The molecule has 0 fully saturated rings. The molecule has 0 amide bonds. The van der Waals surface area contributed by atoms with E-state index in [0.29, 0.717) is 5.92 Å². The fourth-order valence-electron chi connectivity index (χ4n) is 6.77. The highest BCUT2D eigenvalue weighted by atomic mass is 15.0. The largest absolute Gasteiger partial charge is 0.353 e. The standard InChI is InChI=1S/C32H30N2/c1-19-31(2,3)25-17-14-20(18-26(25)32(19,4)5)34-28-13-9-7-11-22(28)24-16-15-23-21-10-6-8-12-27(21)33-29(23)30(24)34/h6-19,33H,1-5H3. The molecular formula is C32H30N2. The van der Waals surface area contributed by atoms with E-state index in [1.54, 1.807) is 0 Å². The maximum Gasteiger partial charge on any atom is 0.0783 e. The normalized spacial score (nSPS) is 18.9. The molecule has 1 unspecified atom stereocenters. The van der Waals surface area contributed by atoms with Crippen molar-refractivity contribution in [3.63, 3.8) is 0 Å². The first-order chi connectivity index (χ1) is 16.3. The lowest BCUT2D eigenvalue weighted by Crippen LogP contribution is -2.30. The summed E-state index contributed by atoms with van der Waals surface area (Å²) in [7, 11) is 0. The number of nitrogens with one attached hydrogen (secondary N) is 1. The molecule has 0 radical (unpaired) electrons. The summed E-state index contributed by atoms with van der Waals surface area (Å²) in [6, 6.07) is 29.2. The monoisotopic (exact) mass is 442 g/mol. The molecule has 2 heteroatoms. The Hall–Kier alpha value is -3.52. The fraction of sp³-hybridized carbons (Fsp3) is 0.250. The molecule has 0 saturated heterocycles. The average Bonchev–Trinajstić information content (AvgIpc) is 3.42. The van der Waals surface area contributed by atoms with Gasteiger partial charge in [0.15, 0.2) is 0 Å². The van der Waals surface area contributed by atoms with Crippen molar-refractivity contribution in [1.29, 1.82) is 0 Å². The minimum absolute atomic E-state index is 0.129. The van der Waals surface area contributed by atoms with E-state index in [1.165, 1.54) is 60.4 Å². The Kier molecular flexibility index (Phi) is 3.70. The number of aromatic nitrogens is 2. The molecule has 0 bridgehead atoms. The molecule has 4 aromatic carbocycles. The van der Waals surface area contributed by atoms with Crippen LogP contribution in [0.1, 0.15) is 45.7 Å². The number of aromatic amines is 1. The van der Waals surface area contributed by atoms with Crippen LogP contribution in [0.25, 0.3) is 49.3 Å². The van der Waals surface area contributed by atoms with Crippen molar-refractivity contribution in [1.82, 2.24) is 9.55 Å². The van der Waals surface area contributed by atoms with E-state index in [0.717, 1.165) is 0 Å². The van der Waals surface area contributed by atoms with Crippen LogP contribution < -0.4 is 0 Å². The Balaban J connectivity index is 1.63. The van der Waals surface area contributed by atoms with Gasteiger partial charge in [0.1, 0.15) is 0 Å². The quantitative estimate of drug-likeness (QED) is 0.263. The van der Waals surface area contributed by atoms with Gasteiger partial charge >= 0.3 is 0 Å². The number of para-hydroxylation sites is 2. The minimum Gasteiger partial charge on any atom is -0.353 e. The maximum absolute atomic E-state index is 3.76. The lowest BCUT2D eigenvalue weighted by Gasteiger charge is -2.32. The van der Waals surface area contributed by atoms with E-state index in [9.17, 15) is 0 Å². The van der Waals surface area contributed by atoms with Crippen molar-refractivity contribution in [2.24, 2.45) is 5.92 Å². The van der Waals surface area contributed by atoms with Crippen LogP contribution in [0.2, 0.25) is 0 Å². The molecule has 0 saturated carbocycles. The summed E-state index contributed by atoms with van der Waals surface area (Å²) in [6.45, 7) is 12.0. The molecule has 1 aliphatic rings. The highest BCUT2D eigenvalue weighted by molar-refractivity contribution is 6.22. The van der Waals surface area contributed by atoms with Crippen LogP contribution in [0.4, 0.5) is 0 Å². The SMILES string of the molecule is CC1C(C)(C)c2ccc(-n3c4ccccc4c4ccc5c6ccccc6[nH]c5c43)cc2C1(C)C. The molecule has 7 rings (SSSR count). The molecular weight excluding hydrogens is 412 g/mol. The molecule has 1 atom stereocenters. The van der Waals surface area contributed by atoms with Gasteiger partial charge in [0.2, 0.25) is 0 Å². The summed E-state index contributed by atoms with van der Waals surface area (Å²) >= 11 is 0. The molecule has 2 nitrogen and oxygen atoms in total. The van der Waals surface area contributed by atoms with E-state index in [1.807, 2.05) is 0 Å². The van der Waals surface area contributed by atoms with Gasteiger partial charge in [-0.15, -0.1) is 0 Å². The molecule has 168 valence electrons. The van der Waals surface area contributed by atoms with Gasteiger partial charge in [-0.1, -0.05) is 89.2 Å². The van der Waals surface area contributed by atoms with E-state index in [-0.39, 0.29) is 10.8 Å². The van der Waals surface area contributed by atoms with Gasteiger partial charge in [0, 0.05) is 32.7 Å². The van der Waals surface area contributed by atoms with Crippen LogP contribution in [0.5, 0.6) is 0 Å². The van der Waals surface area contributed by atoms with Crippen LogP contribution in [0, 0.1) is 5.92 Å². The van der Waals surface area contributed by atoms with Crippen LogP contribution in [-0.2, 0) is 10.8 Å². The number of hydrogen-bond donors (Lipinski definition) is 1. The smallest absolute Gasteiger partial charge is 0.0783 e. The molecule has 1 aliphatic carbocycles. The molecule has 1 N–H and O–H groups in total. The van der Waals surface area contributed by atoms with Crippen molar-refractivity contribution in [2.45, 2.75) is 45.4 Å². The first kappa shape index (κ1) is 19.9. The van der Waals surface area contributed by atoms with E-state index in [4.69, 9.17) is 0 Å². The zero-order valence-corrected chi connectivity index (χ0v) is 20.5. The van der Waals surface area contributed by atoms with Gasteiger partial charge in [-0.2, -0.15) is 0 Å². The second-order valence-electron chi connectivity index (χ2n) is 11.3. The molecule has 34 heavy (non-hydrogen) atoms. The van der Waals surface area contributed by atoms with Crippen LogP contribution in [0.15, 0.2) is 78.9 Å². The van der Waals surface area contributed by atoms with Crippen molar-refractivity contribution in [3.05, 3.63) is 90.0 Å². The lowest BCUT2D eigenvalue weighted by molar-refractivity contribution is 0.264. The van der Waals surface area contributed by atoms with E-state index >= 15 is 0 Å². The van der Waals surface area contributed by atoms with E-state index < -0.39 is 0 Å². The molecule has 6 aromatic rings. The second kappa shape index (κ2) is 6.33. The number of rotatable bonds is 1. The van der Waals surface area contributed by atoms with Gasteiger partial charge in [-0.05, 0) is 52.1 Å². The molecule has 0 aliphatic heterocycles. The number of H-pyrrole nitrogens is 1. The van der Waals surface area contributed by atoms with Crippen molar-refractivity contribution < 1.29 is 0 Å². The zero-order valence-electron chi connectivity index (χ0n) is 20.5. The predicted molar refractivity (Wildman–Crippen MR) is 145 cm³/mol. The second-order valence-corrected chi connectivity index (χ2v) is 11.3. The predicted octanol–water partition coefficient (Wildman–Crippen LogP) is 8.62. The van der Waals surface area contributed by atoms with Gasteiger partial charge in [-0.25, -0.2) is 0 Å². The summed E-state index contributed by atoms with van der Waals surface area (Å²) in [5, 5.41) is 5.15. The zero-order chi connectivity index (χ0) is 23.4. The number of benzene rings is 4. The number of fused-ring (bicyclic) bond motifs is 8. The lowest BCUT2D eigenvalue weighted by atomic mass is 9.71. The first-order valence-electron chi connectivity index (χ1n) is 12.4. The minimum atomic E-state index is 0.129. The first-order valence-corrected chi connectivity index (χ1v) is 12.4. The third-order valence-corrected chi connectivity index (χ3v) is 9.13. The molecule has 2 aromatic heterocycles. The number of nitrogens with zero attached hydrogens (tertiary/aromatic N) is 1. The van der Waals surface area contributed by atoms with Crippen LogP contribution in [0.3, 0.4) is 0 Å². The topological polar surface area (TPSA) is 20.7 Å². The van der Waals surface area contributed by atoms with Crippen LogP contribution in [-0.4, -0.2) is 9.55 Å². The number of hydrogen-bond acceptors (Lipinski definition) is 0. The highest BCUT2D eigenvalue weighted by Crippen LogP contribution is 2.54. The summed E-state index contributed by atoms with van der Waals surface area (Å²) < 4.78 is 2.48. The Morgan fingerprint density at radius 3 is 2.18 bits per heavy atom. The van der Waals surface area contributed by atoms with Crippen molar-refractivity contribution >= 4 is 43.6 Å². The van der Waals surface area contributed by atoms with Gasteiger partial charge in [0.05, 0.1) is 16.6 Å². The average molecular weight is 443 g/mol. The van der Waals surface area contributed by atoms with Crippen LogP contribution >= 0.6 is 0 Å². The highest BCUT2D eigenvalue weighted by Gasteiger charge is 2.48. The maximum atomic E-state index is 3.76. The Bertz CT molecular complexity index is 1770. The van der Waals surface area contributed by atoms with Gasteiger partial charge in [-0.3, -0.25) is 0 Å². The molecule has 0 spiro atoms.